The van der Waals surface area contributed by atoms with E-state index < -0.39 is 11.9 Å². The maximum absolute atomic E-state index is 12.2. The highest BCUT2D eigenvalue weighted by Gasteiger charge is 2.27. The summed E-state index contributed by atoms with van der Waals surface area (Å²) in [5.74, 6) is -1.34. The van der Waals surface area contributed by atoms with E-state index in [1.807, 2.05) is 6.92 Å². The third-order valence-electron chi connectivity index (χ3n) is 3.46. The Kier molecular flexibility index (Phi) is 5.63. The number of halogens is 1. The normalized spacial score (nSPS) is 18.6. The van der Waals surface area contributed by atoms with Gasteiger partial charge in [0.2, 0.25) is 0 Å². The number of benzene rings is 1. The highest BCUT2D eigenvalue weighted by atomic mass is 35.5. The van der Waals surface area contributed by atoms with Crippen molar-refractivity contribution in [3.05, 3.63) is 28.8 Å². The van der Waals surface area contributed by atoms with Crippen LogP contribution in [-0.2, 0) is 14.3 Å². The van der Waals surface area contributed by atoms with Gasteiger partial charge in [0.25, 0.3) is 5.91 Å². The first kappa shape index (κ1) is 16.6. The van der Waals surface area contributed by atoms with Gasteiger partial charge in [-0.3, -0.25) is 9.59 Å². The van der Waals surface area contributed by atoms with Crippen LogP contribution in [0.5, 0.6) is 5.75 Å². The summed E-state index contributed by atoms with van der Waals surface area (Å²) in [6.07, 6.45) is 0. The van der Waals surface area contributed by atoms with Crippen molar-refractivity contribution < 1.29 is 24.2 Å². The van der Waals surface area contributed by atoms with Gasteiger partial charge in [-0.25, -0.2) is 0 Å². The number of ether oxygens (including phenoxy) is 2. The molecule has 0 saturated carbocycles. The number of nitrogens with zero attached hydrogens (tertiary/aromatic N) is 1. The number of aryl methyl sites for hydroxylation is 1. The van der Waals surface area contributed by atoms with E-state index in [0.717, 1.165) is 5.56 Å². The SMILES string of the molecule is Cc1cc(Cl)ccc1OCC(=O)N1CCOCC(C(=O)O)C1. The van der Waals surface area contributed by atoms with Crippen molar-refractivity contribution >= 4 is 23.5 Å². The highest BCUT2D eigenvalue weighted by molar-refractivity contribution is 6.30. The van der Waals surface area contributed by atoms with E-state index in [1.54, 1.807) is 18.2 Å². The largest absolute Gasteiger partial charge is 0.483 e. The fourth-order valence-electron chi connectivity index (χ4n) is 2.19. The molecule has 0 aromatic heterocycles. The van der Waals surface area contributed by atoms with Crippen LogP contribution in [0.15, 0.2) is 18.2 Å². The van der Waals surface area contributed by atoms with Crippen molar-refractivity contribution in [1.82, 2.24) is 4.90 Å². The molecule has 1 heterocycles. The van der Waals surface area contributed by atoms with Crippen LogP contribution in [0.2, 0.25) is 5.02 Å². The zero-order valence-electron chi connectivity index (χ0n) is 12.3. The molecule has 0 spiro atoms. The Morgan fingerprint density at radius 1 is 1.50 bits per heavy atom. The molecule has 1 aromatic carbocycles. The quantitative estimate of drug-likeness (QED) is 0.908. The smallest absolute Gasteiger partial charge is 0.310 e. The first-order valence-corrected chi connectivity index (χ1v) is 7.32. The molecule has 1 aliphatic rings. The van der Waals surface area contributed by atoms with E-state index in [4.69, 9.17) is 26.2 Å². The number of aliphatic carboxylic acids is 1. The van der Waals surface area contributed by atoms with E-state index in [1.165, 1.54) is 4.90 Å². The maximum atomic E-state index is 12.2. The summed E-state index contributed by atoms with van der Waals surface area (Å²) in [5, 5.41) is 9.67. The second-order valence-corrected chi connectivity index (χ2v) is 5.58. The molecule has 120 valence electrons. The van der Waals surface area contributed by atoms with Crippen molar-refractivity contribution in [3.8, 4) is 5.75 Å². The lowest BCUT2D eigenvalue weighted by molar-refractivity contribution is -0.144. The van der Waals surface area contributed by atoms with Gasteiger partial charge in [0, 0.05) is 18.1 Å². The number of carbonyl (C=O) groups excluding carboxylic acids is 1. The van der Waals surface area contributed by atoms with Gasteiger partial charge < -0.3 is 19.5 Å². The lowest BCUT2D eigenvalue weighted by Gasteiger charge is -2.22. The summed E-state index contributed by atoms with van der Waals surface area (Å²) >= 11 is 5.86. The molecule has 1 aliphatic heterocycles. The van der Waals surface area contributed by atoms with Crippen molar-refractivity contribution in [3.63, 3.8) is 0 Å². The Hall–Kier alpha value is -1.79. The van der Waals surface area contributed by atoms with E-state index in [0.29, 0.717) is 23.9 Å². The van der Waals surface area contributed by atoms with E-state index in [2.05, 4.69) is 0 Å². The number of carboxylic acids is 1. The van der Waals surface area contributed by atoms with Crippen LogP contribution < -0.4 is 4.74 Å². The van der Waals surface area contributed by atoms with Gasteiger partial charge in [-0.2, -0.15) is 0 Å². The molecule has 1 saturated heterocycles. The second-order valence-electron chi connectivity index (χ2n) is 5.15. The zero-order chi connectivity index (χ0) is 16.1. The lowest BCUT2D eigenvalue weighted by atomic mass is 10.1. The summed E-state index contributed by atoms with van der Waals surface area (Å²) in [6.45, 7) is 2.65. The van der Waals surface area contributed by atoms with Crippen LogP contribution in [0, 0.1) is 12.8 Å². The van der Waals surface area contributed by atoms with Gasteiger partial charge in [-0.15, -0.1) is 0 Å². The molecule has 1 aromatic rings. The molecule has 1 amide bonds. The molecule has 0 bridgehead atoms. The van der Waals surface area contributed by atoms with Crippen LogP contribution in [-0.4, -0.2) is 54.8 Å². The highest BCUT2D eigenvalue weighted by Crippen LogP contribution is 2.21. The maximum Gasteiger partial charge on any atom is 0.310 e. The lowest BCUT2D eigenvalue weighted by Crippen LogP contribution is -2.40. The fraction of sp³-hybridized carbons (Fsp3) is 0.467. The number of hydrogen-bond donors (Lipinski definition) is 1. The molecule has 1 unspecified atom stereocenters. The van der Waals surface area contributed by atoms with Crippen molar-refractivity contribution in [2.45, 2.75) is 6.92 Å². The third-order valence-corrected chi connectivity index (χ3v) is 3.69. The average Bonchev–Trinajstić information content (AvgIpc) is 2.72. The van der Waals surface area contributed by atoms with E-state index >= 15 is 0 Å². The Morgan fingerprint density at radius 3 is 2.95 bits per heavy atom. The van der Waals surface area contributed by atoms with Crippen LogP contribution in [0.3, 0.4) is 0 Å². The van der Waals surface area contributed by atoms with Crippen LogP contribution in [0.25, 0.3) is 0 Å². The van der Waals surface area contributed by atoms with Crippen LogP contribution in [0.4, 0.5) is 0 Å². The predicted molar refractivity (Wildman–Crippen MR) is 80.2 cm³/mol. The summed E-state index contributed by atoms with van der Waals surface area (Å²) in [6, 6.07) is 5.15. The first-order valence-electron chi connectivity index (χ1n) is 6.94. The molecule has 1 N–H and O–H groups in total. The monoisotopic (exact) mass is 327 g/mol. The van der Waals surface area contributed by atoms with Gasteiger partial charge in [0.1, 0.15) is 5.75 Å². The van der Waals surface area contributed by atoms with Crippen LogP contribution >= 0.6 is 11.6 Å². The third kappa shape index (κ3) is 4.35. The number of carboxylic acid groups (broad SMARTS) is 1. The standard InChI is InChI=1S/C15H18ClNO5/c1-10-6-12(16)2-3-13(10)22-9-14(18)17-4-5-21-8-11(7-17)15(19)20/h2-3,6,11H,4-5,7-9H2,1H3,(H,19,20). The second kappa shape index (κ2) is 7.47. The first-order chi connectivity index (χ1) is 10.5. The summed E-state index contributed by atoms with van der Waals surface area (Å²) < 4.78 is 10.7. The molecule has 7 heteroatoms. The minimum Gasteiger partial charge on any atom is -0.483 e. The molecule has 2 rings (SSSR count). The number of carbonyl (C=O) groups is 2. The summed E-state index contributed by atoms with van der Waals surface area (Å²) in [5.41, 5.74) is 0.836. The molecule has 0 aliphatic carbocycles. The van der Waals surface area contributed by atoms with Crippen molar-refractivity contribution in [2.24, 2.45) is 5.92 Å². The Bertz CT molecular complexity index is 563. The Balaban J connectivity index is 1.94. The fourth-order valence-corrected chi connectivity index (χ4v) is 2.42. The van der Waals surface area contributed by atoms with E-state index in [9.17, 15) is 9.59 Å². The molecule has 6 nitrogen and oxygen atoms in total. The van der Waals surface area contributed by atoms with Gasteiger partial charge in [0.05, 0.1) is 19.1 Å². The average molecular weight is 328 g/mol. The zero-order valence-corrected chi connectivity index (χ0v) is 13.0. The van der Waals surface area contributed by atoms with Gasteiger partial charge >= 0.3 is 5.97 Å². The molecule has 1 atom stereocenters. The number of rotatable bonds is 4. The topological polar surface area (TPSA) is 76.1 Å². The van der Waals surface area contributed by atoms with Gasteiger partial charge in [-0.1, -0.05) is 11.6 Å². The van der Waals surface area contributed by atoms with Crippen LogP contribution in [0.1, 0.15) is 5.56 Å². The van der Waals surface area contributed by atoms with Gasteiger partial charge in [0.15, 0.2) is 6.61 Å². The molecular weight excluding hydrogens is 310 g/mol. The van der Waals surface area contributed by atoms with E-state index in [-0.39, 0.29) is 25.7 Å². The molecule has 22 heavy (non-hydrogen) atoms. The summed E-state index contributed by atoms with van der Waals surface area (Å²) in [7, 11) is 0. The minimum absolute atomic E-state index is 0.121. The summed E-state index contributed by atoms with van der Waals surface area (Å²) in [4.78, 5) is 24.7. The Morgan fingerprint density at radius 2 is 2.27 bits per heavy atom. The predicted octanol–water partition coefficient (Wildman–Crippen LogP) is 1.59. The Labute approximate surface area is 133 Å². The van der Waals surface area contributed by atoms with Crippen molar-refractivity contribution in [1.29, 1.82) is 0 Å². The number of amides is 1. The molecule has 1 fully saturated rings. The van der Waals surface area contributed by atoms with Gasteiger partial charge in [-0.05, 0) is 30.7 Å². The number of hydrogen-bond acceptors (Lipinski definition) is 4. The van der Waals surface area contributed by atoms with Crippen molar-refractivity contribution in [2.75, 3.05) is 32.9 Å². The minimum atomic E-state index is -0.964. The molecular formula is C15H18ClNO5. The molecule has 0 radical (unpaired) electrons.